The summed E-state index contributed by atoms with van der Waals surface area (Å²) in [6.07, 6.45) is 1.56. The molecular weight excluding hydrogens is 272 g/mol. The van der Waals surface area contributed by atoms with E-state index in [-0.39, 0.29) is 24.3 Å². The van der Waals surface area contributed by atoms with Crippen LogP contribution in [0.3, 0.4) is 0 Å². The molecule has 0 aromatic carbocycles. The first-order valence-electron chi connectivity index (χ1n) is 5.27. The van der Waals surface area contributed by atoms with Crippen molar-refractivity contribution in [3.8, 4) is 0 Å². The molecule has 10 heteroatoms. The van der Waals surface area contributed by atoms with E-state index in [0.29, 0.717) is 11.0 Å². The molecule has 0 bridgehead atoms. The lowest BCUT2D eigenvalue weighted by molar-refractivity contribution is -0.113. The summed E-state index contributed by atoms with van der Waals surface area (Å²) in [6.45, 7) is 0.205. The SMILES string of the molecule is COCc1nnc(NC(=O)CSc2nncn2C)o1. The number of hydrogen-bond acceptors (Lipinski definition) is 8. The van der Waals surface area contributed by atoms with Gasteiger partial charge in [-0.1, -0.05) is 16.9 Å². The molecule has 0 spiro atoms. The zero-order valence-electron chi connectivity index (χ0n) is 10.4. The third-order valence-corrected chi connectivity index (χ3v) is 3.02. The van der Waals surface area contributed by atoms with E-state index in [1.54, 1.807) is 17.9 Å². The van der Waals surface area contributed by atoms with Crippen LogP contribution < -0.4 is 5.32 Å². The predicted octanol–water partition coefficient (Wildman–Crippen LogP) is 0.0753. The molecule has 2 aromatic heterocycles. The first kappa shape index (κ1) is 13.5. The Hall–Kier alpha value is -1.94. The van der Waals surface area contributed by atoms with E-state index in [1.165, 1.54) is 18.9 Å². The molecule has 9 nitrogen and oxygen atoms in total. The Balaban J connectivity index is 1.82. The van der Waals surface area contributed by atoms with E-state index < -0.39 is 0 Å². The summed E-state index contributed by atoms with van der Waals surface area (Å²) in [4.78, 5) is 11.6. The standard InChI is InChI=1S/C9H12N6O3S/c1-15-5-10-14-9(15)19-4-6(16)11-8-13-12-7(18-8)3-17-2/h5H,3-4H2,1-2H3,(H,11,13,16). The Morgan fingerprint density at radius 2 is 2.37 bits per heavy atom. The summed E-state index contributed by atoms with van der Waals surface area (Å²) in [5.41, 5.74) is 0. The molecule has 19 heavy (non-hydrogen) atoms. The van der Waals surface area contributed by atoms with Crippen LogP contribution in [0.1, 0.15) is 5.89 Å². The number of anilines is 1. The number of carbonyl (C=O) groups is 1. The quantitative estimate of drug-likeness (QED) is 0.743. The Morgan fingerprint density at radius 3 is 3.05 bits per heavy atom. The smallest absolute Gasteiger partial charge is 0.322 e. The van der Waals surface area contributed by atoms with Gasteiger partial charge in [-0.05, 0) is 0 Å². The molecule has 0 radical (unpaired) electrons. The molecular formula is C9H12N6O3S. The first-order chi connectivity index (χ1) is 9.19. The van der Waals surface area contributed by atoms with Gasteiger partial charge in [0.15, 0.2) is 5.16 Å². The van der Waals surface area contributed by atoms with Crippen LogP contribution in [0, 0.1) is 0 Å². The topological polar surface area (TPSA) is 108 Å². The second-order valence-corrected chi connectivity index (χ2v) is 4.44. The summed E-state index contributed by atoms with van der Waals surface area (Å²) in [7, 11) is 3.31. The number of nitrogens with one attached hydrogen (secondary N) is 1. The number of carbonyl (C=O) groups excluding carboxylic acids is 1. The molecule has 2 heterocycles. The van der Waals surface area contributed by atoms with Gasteiger partial charge < -0.3 is 13.7 Å². The summed E-state index contributed by atoms with van der Waals surface area (Å²) >= 11 is 1.26. The van der Waals surface area contributed by atoms with Gasteiger partial charge in [0.25, 0.3) is 0 Å². The molecule has 1 amide bonds. The van der Waals surface area contributed by atoms with Crippen molar-refractivity contribution in [2.24, 2.45) is 7.05 Å². The summed E-state index contributed by atoms with van der Waals surface area (Å²) in [6, 6.07) is 0.0515. The molecule has 0 unspecified atom stereocenters. The second-order valence-electron chi connectivity index (χ2n) is 3.50. The maximum absolute atomic E-state index is 11.6. The van der Waals surface area contributed by atoms with Gasteiger partial charge in [-0.3, -0.25) is 10.1 Å². The van der Waals surface area contributed by atoms with Crippen molar-refractivity contribution in [2.75, 3.05) is 18.2 Å². The van der Waals surface area contributed by atoms with Crippen LogP contribution in [-0.2, 0) is 23.2 Å². The number of aromatic nitrogens is 5. The summed E-state index contributed by atoms with van der Waals surface area (Å²) < 4.78 is 11.7. The fraction of sp³-hybridized carbons (Fsp3) is 0.444. The van der Waals surface area contributed by atoms with E-state index in [9.17, 15) is 4.79 Å². The molecule has 0 saturated heterocycles. The monoisotopic (exact) mass is 284 g/mol. The molecule has 0 atom stereocenters. The van der Waals surface area contributed by atoms with Crippen molar-refractivity contribution in [1.82, 2.24) is 25.0 Å². The molecule has 2 aromatic rings. The van der Waals surface area contributed by atoms with Crippen LogP contribution >= 0.6 is 11.8 Å². The lowest BCUT2D eigenvalue weighted by atomic mass is 10.7. The number of ether oxygens (including phenoxy) is 1. The third kappa shape index (κ3) is 3.76. The normalized spacial score (nSPS) is 10.6. The summed E-state index contributed by atoms with van der Waals surface area (Å²) in [5, 5.41) is 18.1. The predicted molar refractivity (Wildman–Crippen MR) is 65.4 cm³/mol. The maximum atomic E-state index is 11.6. The van der Waals surface area contributed by atoms with Gasteiger partial charge in [-0.15, -0.1) is 15.3 Å². The van der Waals surface area contributed by atoms with Gasteiger partial charge in [0.2, 0.25) is 11.8 Å². The van der Waals surface area contributed by atoms with E-state index in [2.05, 4.69) is 25.7 Å². The van der Waals surface area contributed by atoms with E-state index in [1.807, 2.05) is 0 Å². The lowest BCUT2D eigenvalue weighted by Crippen LogP contribution is -2.14. The van der Waals surface area contributed by atoms with Crippen LogP contribution in [0.2, 0.25) is 0 Å². The van der Waals surface area contributed by atoms with E-state index in [0.717, 1.165) is 0 Å². The lowest BCUT2D eigenvalue weighted by Gasteiger charge is -2.00. The first-order valence-corrected chi connectivity index (χ1v) is 6.25. The van der Waals surface area contributed by atoms with Crippen molar-refractivity contribution in [3.05, 3.63) is 12.2 Å². The number of hydrogen-bond donors (Lipinski definition) is 1. The maximum Gasteiger partial charge on any atom is 0.322 e. The Labute approximate surface area is 112 Å². The van der Waals surface area contributed by atoms with Crippen molar-refractivity contribution >= 4 is 23.7 Å². The molecule has 2 rings (SSSR count). The third-order valence-electron chi connectivity index (χ3n) is 1.98. The fourth-order valence-electron chi connectivity index (χ4n) is 1.17. The summed E-state index contributed by atoms with van der Waals surface area (Å²) in [5.74, 6) is 0.216. The Kier molecular flexibility index (Phi) is 4.47. The Morgan fingerprint density at radius 1 is 1.53 bits per heavy atom. The van der Waals surface area contributed by atoms with E-state index >= 15 is 0 Å². The van der Waals surface area contributed by atoms with Crippen LogP contribution in [-0.4, -0.2) is 43.7 Å². The molecule has 0 fully saturated rings. The van der Waals surface area contributed by atoms with Crippen molar-refractivity contribution in [1.29, 1.82) is 0 Å². The molecule has 0 aliphatic heterocycles. The van der Waals surface area contributed by atoms with Crippen molar-refractivity contribution < 1.29 is 13.9 Å². The number of aryl methyl sites for hydroxylation is 1. The van der Waals surface area contributed by atoms with Crippen LogP contribution in [0.15, 0.2) is 15.9 Å². The Bertz CT molecular complexity index is 554. The van der Waals surface area contributed by atoms with Gasteiger partial charge in [-0.25, -0.2) is 0 Å². The van der Waals surface area contributed by atoms with Crippen LogP contribution in [0.4, 0.5) is 6.01 Å². The van der Waals surface area contributed by atoms with Gasteiger partial charge in [0.05, 0.1) is 5.75 Å². The van der Waals surface area contributed by atoms with Gasteiger partial charge >= 0.3 is 6.01 Å². The number of rotatable bonds is 6. The number of nitrogens with zero attached hydrogens (tertiary/aromatic N) is 5. The minimum atomic E-state index is -0.263. The highest BCUT2D eigenvalue weighted by Crippen LogP contribution is 2.14. The average molecular weight is 284 g/mol. The van der Waals surface area contributed by atoms with Gasteiger partial charge in [0, 0.05) is 14.2 Å². The minimum Gasteiger partial charge on any atom is -0.405 e. The molecule has 102 valence electrons. The zero-order chi connectivity index (χ0) is 13.7. The highest BCUT2D eigenvalue weighted by atomic mass is 32.2. The van der Waals surface area contributed by atoms with Crippen LogP contribution in [0.25, 0.3) is 0 Å². The van der Waals surface area contributed by atoms with Gasteiger partial charge in [-0.2, -0.15) is 0 Å². The molecule has 0 aliphatic rings. The minimum absolute atomic E-state index is 0.0515. The molecule has 0 aliphatic carbocycles. The highest BCUT2D eigenvalue weighted by Gasteiger charge is 2.11. The van der Waals surface area contributed by atoms with Gasteiger partial charge in [0.1, 0.15) is 12.9 Å². The van der Waals surface area contributed by atoms with Crippen molar-refractivity contribution in [2.45, 2.75) is 11.8 Å². The number of methoxy groups -OCH3 is 1. The molecule has 0 saturated carbocycles. The number of thioether (sulfide) groups is 1. The molecule has 1 N–H and O–H groups in total. The van der Waals surface area contributed by atoms with Crippen molar-refractivity contribution in [3.63, 3.8) is 0 Å². The average Bonchev–Trinajstić information content (AvgIpc) is 2.97. The largest absolute Gasteiger partial charge is 0.405 e. The highest BCUT2D eigenvalue weighted by molar-refractivity contribution is 7.99. The zero-order valence-corrected chi connectivity index (χ0v) is 11.2. The van der Waals surface area contributed by atoms with E-state index in [4.69, 9.17) is 9.15 Å². The fourth-order valence-corrected chi connectivity index (χ4v) is 1.86. The van der Waals surface area contributed by atoms with Crippen LogP contribution in [0.5, 0.6) is 0 Å². The number of amides is 1. The second kappa shape index (κ2) is 6.29.